The Morgan fingerprint density at radius 1 is 1.10 bits per heavy atom. The number of aromatic amines is 1. The van der Waals surface area contributed by atoms with Gasteiger partial charge in [0, 0.05) is 24.6 Å². The Balaban J connectivity index is 1.49. The van der Waals surface area contributed by atoms with Crippen molar-refractivity contribution in [3.8, 4) is 0 Å². The summed E-state index contributed by atoms with van der Waals surface area (Å²) in [5.74, 6) is -0.349. The topological polar surface area (TPSA) is 65.2 Å². The van der Waals surface area contributed by atoms with Crippen LogP contribution in [0.5, 0.6) is 0 Å². The number of nitrogens with zero attached hydrogens (tertiary/aromatic N) is 1. The Labute approximate surface area is 170 Å². The average molecular weight is 389 g/mol. The van der Waals surface area contributed by atoms with E-state index in [-0.39, 0.29) is 17.0 Å². The molecule has 1 fully saturated rings. The molecule has 1 saturated heterocycles. The van der Waals surface area contributed by atoms with Gasteiger partial charge in [-0.05, 0) is 55.0 Å². The Morgan fingerprint density at radius 2 is 1.86 bits per heavy atom. The summed E-state index contributed by atoms with van der Waals surface area (Å²) in [7, 11) is 0. The highest BCUT2D eigenvalue weighted by atomic mass is 16.2. The summed E-state index contributed by atoms with van der Waals surface area (Å²) < 4.78 is 0. The number of benzene rings is 2. The molecule has 0 saturated carbocycles. The molecule has 2 heterocycles. The number of hydrogen-bond acceptors (Lipinski definition) is 3. The van der Waals surface area contributed by atoms with Crippen LogP contribution in [0.4, 0.5) is 0 Å². The van der Waals surface area contributed by atoms with Crippen LogP contribution in [0.25, 0.3) is 10.9 Å². The minimum Gasteiger partial charge on any atom is -0.348 e. The number of carbonyl (C=O) groups is 1. The van der Waals surface area contributed by atoms with Crippen molar-refractivity contribution in [3.05, 3.63) is 81.6 Å². The molecule has 3 aromatic rings. The molecule has 150 valence electrons. The van der Waals surface area contributed by atoms with Crippen molar-refractivity contribution >= 4 is 16.8 Å². The second kappa shape index (κ2) is 8.62. The first kappa shape index (κ1) is 19.4. The monoisotopic (exact) mass is 389 g/mol. The van der Waals surface area contributed by atoms with E-state index in [9.17, 15) is 9.59 Å². The third-order valence-electron chi connectivity index (χ3n) is 5.87. The number of rotatable bonds is 5. The number of nitrogens with one attached hydrogen (secondary N) is 2. The SMILES string of the molecule is CC1CCCCN1Cc1ccccc1CNC(=O)c1cc2ccccc2[nH]c1=O. The average Bonchev–Trinajstić information content (AvgIpc) is 2.74. The fourth-order valence-electron chi connectivity index (χ4n) is 4.08. The van der Waals surface area contributed by atoms with Gasteiger partial charge in [0.2, 0.25) is 0 Å². The van der Waals surface area contributed by atoms with E-state index in [0.29, 0.717) is 12.6 Å². The molecule has 1 aliphatic rings. The summed E-state index contributed by atoms with van der Waals surface area (Å²) in [6.45, 7) is 4.71. The lowest BCUT2D eigenvalue weighted by Crippen LogP contribution is -2.37. The lowest BCUT2D eigenvalue weighted by molar-refractivity contribution is 0.0949. The van der Waals surface area contributed by atoms with Crippen LogP contribution in [0.1, 0.15) is 47.7 Å². The number of hydrogen-bond donors (Lipinski definition) is 2. The van der Waals surface area contributed by atoms with Crippen molar-refractivity contribution in [2.45, 2.75) is 45.3 Å². The zero-order chi connectivity index (χ0) is 20.2. The predicted octanol–water partition coefficient (Wildman–Crippen LogP) is 3.83. The van der Waals surface area contributed by atoms with Crippen molar-refractivity contribution in [1.82, 2.24) is 15.2 Å². The smallest absolute Gasteiger partial charge is 0.261 e. The van der Waals surface area contributed by atoms with Crippen molar-refractivity contribution in [2.75, 3.05) is 6.54 Å². The van der Waals surface area contributed by atoms with E-state index in [0.717, 1.165) is 29.6 Å². The third kappa shape index (κ3) is 4.40. The molecule has 2 aromatic carbocycles. The van der Waals surface area contributed by atoms with Crippen molar-refractivity contribution in [2.24, 2.45) is 0 Å². The minimum absolute atomic E-state index is 0.144. The Bertz CT molecular complexity index is 1070. The van der Waals surface area contributed by atoms with E-state index in [1.807, 2.05) is 36.4 Å². The van der Waals surface area contributed by atoms with Gasteiger partial charge < -0.3 is 10.3 Å². The van der Waals surface area contributed by atoms with Gasteiger partial charge in [0.1, 0.15) is 5.56 Å². The van der Waals surface area contributed by atoms with Gasteiger partial charge >= 0.3 is 0 Å². The van der Waals surface area contributed by atoms with Crippen LogP contribution < -0.4 is 10.9 Å². The number of para-hydroxylation sites is 1. The second-order valence-corrected chi connectivity index (χ2v) is 7.87. The van der Waals surface area contributed by atoms with Gasteiger partial charge in [0.05, 0.1) is 0 Å². The van der Waals surface area contributed by atoms with Gasteiger partial charge in [-0.1, -0.05) is 48.9 Å². The van der Waals surface area contributed by atoms with E-state index in [4.69, 9.17) is 0 Å². The first-order chi connectivity index (χ1) is 14.1. The first-order valence-corrected chi connectivity index (χ1v) is 10.3. The highest BCUT2D eigenvalue weighted by Gasteiger charge is 2.19. The number of carbonyl (C=O) groups excluding carboxylic acids is 1. The van der Waals surface area contributed by atoms with Gasteiger partial charge in [-0.3, -0.25) is 14.5 Å². The molecule has 0 bridgehead atoms. The Kier molecular flexibility index (Phi) is 5.76. The molecule has 1 aliphatic heterocycles. The number of piperidine rings is 1. The standard InChI is InChI=1S/C24H27N3O2/c1-17-8-6-7-13-27(17)16-20-11-3-2-10-19(20)15-25-23(28)21-14-18-9-4-5-12-22(18)26-24(21)29/h2-5,9-12,14,17H,6-8,13,15-16H2,1H3,(H,25,28)(H,26,29). The summed E-state index contributed by atoms with van der Waals surface area (Å²) in [6, 6.07) is 17.9. The molecule has 5 heteroatoms. The van der Waals surface area contributed by atoms with Crippen molar-refractivity contribution in [3.63, 3.8) is 0 Å². The lowest BCUT2D eigenvalue weighted by atomic mass is 10.0. The van der Waals surface area contributed by atoms with E-state index < -0.39 is 0 Å². The minimum atomic E-state index is -0.364. The zero-order valence-corrected chi connectivity index (χ0v) is 16.8. The molecule has 1 unspecified atom stereocenters. The van der Waals surface area contributed by atoms with Gasteiger partial charge in [0.15, 0.2) is 0 Å². The molecule has 0 radical (unpaired) electrons. The third-order valence-corrected chi connectivity index (χ3v) is 5.87. The normalized spacial score (nSPS) is 17.3. The van der Waals surface area contributed by atoms with Gasteiger partial charge in [-0.2, -0.15) is 0 Å². The summed E-state index contributed by atoms with van der Waals surface area (Å²) in [6.07, 6.45) is 3.79. The zero-order valence-electron chi connectivity index (χ0n) is 16.8. The van der Waals surface area contributed by atoms with Crippen LogP contribution in [-0.4, -0.2) is 28.4 Å². The maximum atomic E-state index is 12.7. The number of pyridine rings is 1. The number of aromatic nitrogens is 1. The predicted molar refractivity (Wildman–Crippen MR) is 116 cm³/mol. The highest BCUT2D eigenvalue weighted by molar-refractivity contribution is 5.97. The van der Waals surface area contributed by atoms with Gasteiger partial charge in [-0.25, -0.2) is 0 Å². The number of likely N-dealkylation sites (tertiary alicyclic amines) is 1. The van der Waals surface area contributed by atoms with E-state index in [1.54, 1.807) is 6.07 Å². The largest absolute Gasteiger partial charge is 0.348 e. The van der Waals surface area contributed by atoms with Gasteiger partial charge in [-0.15, -0.1) is 0 Å². The fourth-order valence-corrected chi connectivity index (χ4v) is 4.08. The maximum absolute atomic E-state index is 12.7. The van der Waals surface area contributed by atoms with Crippen LogP contribution in [0.2, 0.25) is 0 Å². The van der Waals surface area contributed by atoms with E-state index >= 15 is 0 Å². The van der Waals surface area contributed by atoms with Crippen LogP contribution in [0, 0.1) is 0 Å². The summed E-state index contributed by atoms with van der Waals surface area (Å²) in [5, 5.41) is 3.78. The van der Waals surface area contributed by atoms with Crippen LogP contribution in [0.3, 0.4) is 0 Å². The molecular formula is C24H27N3O2. The number of fused-ring (bicyclic) bond motifs is 1. The number of H-pyrrole nitrogens is 1. The van der Waals surface area contributed by atoms with Crippen LogP contribution in [0.15, 0.2) is 59.4 Å². The molecule has 5 nitrogen and oxygen atoms in total. The molecule has 1 atom stereocenters. The Hall–Kier alpha value is -2.92. The number of amides is 1. The molecule has 4 rings (SSSR count). The van der Waals surface area contributed by atoms with Gasteiger partial charge in [0.25, 0.3) is 11.5 Å². The molecular weight excluding hydrogens is 362 g/mol. The van der Waals surface area contributed by atoms with E-state index in [2.05, 4.69) is 34.3 Å². The van der Waals surface area contributed by atoms with Crippen molar-refractivity contribution < 1.29 is 4.79 Å². The Morgan fingerprint density at radius 3 is 2.69 bits per heavy atom. The molecule has 2 N–H and O–H groups in total. The summed E-state index contributed by atoms with van der Waals surface area (Å²) in [5.41, 5.74) is 2.84. The van der Waals surface area contributed by atoms with Crippen molar-refractivity contribution in [1.29, 1.82) is 0 Å². The maximum Gasteiger partial charge on any atom is 0.261 e. The lowest BCUT2D eigenvalue weighted by Gasteiger charge is -2.33. The van der Waals surface area contributed by atoms with E-state index in [1.165, 1.54) is 24.8 Å². The molecule has 29 heavy (non-hydrogen) atoms. The molecule has 1 aromatic heterocycles. The summed E-state index contributed by atoms with van der Waals surface area (Å²) in [4.78, 5) is 30.3. The molecule has 0 spiro atoms. The first-order valence-electron chi connectivity index (χ1n) is 10.3. The molecule has 1 amide bonds. The quantitative estimate of drug-likeness (QED) is 0.697. The van der Waals surface area contributed by atoms with Crippen LogP contribution >= 0.6 is 0 Å². The fraction of sp³-hybridized carbons (Fsp3) is 0.333. The second-order valence-electron chi connectivity index (χ2n) is 7.87. The molecule has 0 aliphatic carbocycles. The van der Waals surface area contributed by atoms with Crippen LogP contribution in [-0.2, 0) is 13.1 Å². The highest BCUT2D eigenvalue weighted by Crippen LogP contribution is 2.21. The summed E-state index contributed by atoms with van der Waals surface area (Å²) >= 11 is 0.